The lowest BCUT2D eigenvalue weighted by molar-refractivity contribution is 0.0930. The van der Waals surface area contributed by atoms with Gasteiger partial charge in [-0.2, -0.15) is 11.8 Å². The molecule has 3 nitrogen and oxygen atoms in total. The molecule has 2 heterocycles. The van der Waals surface area contributed by atoms with Crippen LogP contribution in [0, 0.1) is 0 Å². The number of rotatable bonds is 3. The minimum absolute atomic E-state index is 0.233. The summed E-state index contributed by atoms with van der Waals surface area (Å²) in [6.45, 7) is 7.07. The van der Waals surface area contributed by atoms with Crippen molar-refractivity contribution in [3.05, 3.63) is 24.0 Å². The van der Waals surface area contributed by atoms with Gasteiger partial charge in [-0.15, -0.1) is 0 Å². The Morgan fingerprint density at radius 1 is 1.41 bits per heavy atom. The Balaban J connectivity index is 1.94. The maximum atomic E-state index is 12.1. The van der Waals surface area contributed by atoms with E-state index in [0.29, 0.717) is 17.0 Å². The first-order chi connectivity index (χ1) is 8.04. The van der Waals surface area contributed by atoms with Gasteiger partial charge in [-0.1, -0.05) is 13.8 Å². The average molecular weight is 252 g/mol. The summed E-state index contributed by atoms with van der Waals surface area (Å²) in [7, 11) is 1.94. The molecule has 1 saturated heterocycles. The van der Waals surface area contributed by atoms with Crippen LogP contribution < -0.4 is 0 Å². The van der Waals surface area contributed by atoms with E-state index in [0.717, 1.165) is 18.7 Å². The molecule has 2 atom stereocenters. The molecule has 0 bridgehead atoms. The Morgan fingerprint density at radius 3 is 2.59 bits per heavy atom. The molecule has 1 aromatic rings. The number of nitrogens with zero attached hydrogens (tertiary/aromatic N) is 2. The quantitative estimate of drug-likeness (QED) is 0.770. The lowest BCUT2D eigenvalue weighted by Gasteiger charge is -2.33. The van der Waals surface area contributed by atoms with Crippen molar-refractivity contribution in [2.24, 2.45) is 7.05 Å². The third-order valence-electron chi connectivity index (χ3n) is 3.02. The number of Topliss-reactive ketones (excluding diaryl/α,β-unsaturated/α-hetero) is 1. The van der Waals surface area contributed by atoms with Gasteiger partial charge in [0.1, 0.15) is 0 Å². The van der Waals surface area contributed by atoms with Crippen LogP contribution >= 0.6 is 11.8 Å². The van der Waals surface area contributed by atoms with Crippen molar-refractivity contribution >= 4 is 17.5 Å². The Hall–Kier alpha value is -0.740. The maximum Gasteiger partial charge on any atom is 0.178 e. The Kier molecular flexibility index (Phi) is 3.94. The third-order valence-corrected chi connectivity index (χ3v) is 4.24. The first-order valence-corrected chi connectivity index (χ1v) is 7.02. The van der Waals surface area contributed by atoms with Gasteiger partial charge in [0, 0.05) is 48.6 Å². The second-order valence-electron chi connectivity index (χ2n) is 4.94. The molecule has 4 heteroatoms. The molecule has 1 aliphatic heterocycles. The number of ketones is 1. The molecule has 94 valence electrons. The van der Waals surface area contributed by atoms with Gasteiger partial charge in [-0.25, -0.2) is 0 Å². The molecular weight excluding hydrogens is 232 g/mol. The van der Waals surface area contributed by atoms with E-state index in [2.05, 4.69) is 18.7 Å². The second kappa shape index (κ2) is 5.27. The highest BCUT2D eigenvalue weighted by molar-refractivity contribution is 8.00. The number of carbonyl (C=O) groups is 1. The van der Waals surface area contributed by atoms with Crippen LogP contribution in [0.4, 0.5) is 0 Å². The molecule has 0 saturated carbocycles. The van der Waals surface area contributed by atoms with Crippen molar-refractivity contribution < 1.29 is 4.79 Å². The fourth-order valence-corrected chi connectivity index (χ4v) is 3.76. The number of aryl methyl sites for hydroxylation is 1. The zero-order chi connectivity index (χ0) is 12.4. The predicted molar refractivity (Wildman–Crippen MR) is 72.7 cm³/mol. The van der Waals surface area contributed by atoms with E-state index in [1.165, 1.54) is 0 Å². The number of hydrogen-bond donors (Lipinski definition) is 0. The number of carbonyl (C=O) groups excluding carboxylic acids is 1. The predicted octanol–water partition coefficient (Wildman–Crippen LogP) is 2.03. The van der Waals surface area contributed by atoms with Gasteiger partial charge in [-0.3, -0.25) is 9.69 Å². The van der Waals surface area contributed by atoms with Crippen molar-refractivity contribution in [3.8, 4) is 0 Å². The first kappa shape index (κ1) is 12.7. The monoisotopic (exact) mass is 252 g/mol. The minimum atomic E-state index is 0.233. The van der Waals surface area contributed by atoms with Crippen LogP contribution in [-0.4, -0.2) is 45.4 Å². The summed E-state index contributed by atoms with van der Waals surface area (Å²) in [6, 6.07) is 1.90. The highest BCUT2D eigenvalue weighted by Crippen LogP contribution is 2.24. The van der Waals surface area contributed by atoms with E-state index in [1.54, 1.807) is 0 Å². The molecule has 0 aromatic carbocycles. The average Bonchev–Trinajstić information content (AvgIpc) is 2.63. The van der Waals surface area contributed by atoms with Crippen LogP contribution in [0.2, 0.25) is 0 Å². The Bertz CT molecular complexity index is 392. The topological polar surface area (TPSA) is 25.2 Å². The van der Waals surface area contributed by atoms with Gasteiger partial charge in [0.2, 0.25) is 0 Å². The molecule has 0 radical (unpaired) electrons. The number of thioether (sulfide) groups is 1. The summed E-state index contributed by atoms with van der Waals surface area (Å²) in [5.41, 5.74) is 0.825. The summed E-state index contributed by atoms with van der Waals surface area (Å²) >= 11 is 2.01. The van der Waals surface area contributed by atoms with E-state index in [4.69, 9.17) is 0 Å². The van der Waals surface area contributed by atoms with Crippen molar-refractivity contribution in [1.82, 2.24) is 9.47 Å². The van der Waals surface area contributed by atoms with E-state index in [1.807, 2.05) is 41.8 Å². The van der Waals surface area contributed by atoms with Crippen LogP contribution in [0.3, 0.4) is 0 Å². The normalized spacial score (nSPS) is 26.1. The fraction of sp³-hybridized carbons (Fsp3) is 0.615. The summed E-state index contributed by atoms with van der Waals surface area (Å²) in [5.74, 6) is 0.233. The first-order valence-electron chi connectivity index (χ1n) is 6.07. The van der Waals surface area contributed by atoms with Crippen LogP contribution in [0.25, 0.3) is 0 Å². The summed E-state index contributed by atoms with van der Waals surface area (Å²) in [4.78, 5) is 14.4. The summed E-state index contributed by atoms with van der Waals surface area (Å²) in [6.07, 6.45) is 3.82. The lowest BCUT2D eigenvalue weighted by Crippen LogP contribution is -2.42. The zero-order valence-electron chi connectivity index (χ0n) is 10.7. The summed E-state index contributed by atoms with van der Waals surface area (Å²) in [5, 5.41) is 1.25. The number of hydrogen-bond acceptors (Lipinski definition) is 3. The van der Waals surface area contributed by atoms with Crippen LogP contribution in [-0.2, 0) is 7.05 Å². The van der Waals surface area contributed by atoms with Crippen molar-refractivity contribution in [1.29, 1.82) is 0 Å². The Morgan fingerprint density at radius 2 is 2.06 bits per heavy atom. The molecular formula is C13H20N2OS. The van der Waals surface area contributed by atoms with Crippen LogP contribution in [0.15, 0.2) is 18.5 Å². The molecule has 1 aliphatic rings. The second-order valence-corrected chi connectivity index (χ2v) is 6.82. The van der Waals surface area contributed by atoms with Crippen LogP contribution in [0.5, 0.6) is 0 Å². The van der Waals surface area contributed by atoms with Gasteiger partial charge in [0.25, 0.3) is 0 Å². The lowest BCUT2D eigenvalue weighted by atomic mass is 10.2. The van der Waals surface area contributed by atoms with Crippen molar-refractivity contribution in [2.75, 3.05) is 19.6 Å². The molecule has 0 aliphatic carbocycles. The molecule has 1 aromatic heterocycles. The molecule has 2 unspecified atom stereocenters. The molecule has 1 fully saturated rings. The van der Waals surface area contributed by atoms with Crippen molar-refractivity contribution in [2.45, 2.75) is 24.3 Å². The van der Waals surface area contributed by atoms with Gasteiger partial charge >= 0.3 is 0 Å². The zero-order valence-corrected chi connectivity index (χ0v) is 11.5. The highest BCUT2D eigenvalue weighted by atomic mass is 32.2. The molecule has 17 heavy (non-hydrogen) atoms. The standard InChI is InChI=1S/C13H20N2OS/c1-10-6-15(7-11(2)17-10)9-13(16)12-4-5-14(3)8-12/h4-5,8,10-11H,6-7,9H2,1-3H3. The highest BCUT2D eigenvalue weighted by Gasteiger charge is 2.24. The van der Waals surface area contributed by atoms with E-state index >= 15 is 0 Å². The van der Waals surface area contributed by atoms with Crippen LogP contribution in [0.1, 0.15) is 24.2 Å². The van der Waals surface area contributed by atoms with Gasteiger partial charge < -0.3 is 4.57 Å². The van der Waals surface area contributed by atoms with E-state index < -0.39 is 0 Å². The Labute approximate surface area is 107 Å². The SMILES string of the molecule is CC1CN(CC(=O)c2ccn(C)c2)CC(C)S1. The summed E-state index contributed by atoms with van der Waals surface area (Å²) < 4.78 is 1.92. The molecule has 0 spiro atoms. The molecule has 0 amide bonds. The largest absolute Gasteiger partial charge is 0.357 e. The number of aromatic nitrogens is 1. The van der Waals surface area contributed by atoms with Crippen molar-refractivity contribution in [3.63, 3.8) is 0 Å². The van der Waals surface area contributed by atoms with Gasteiger partial charge in [-0.05, 0) is 6.07 Å². The maximum absolute atomic E-state index is 12.1. The van der Waals surface area contributed by atoms with E-state index in [9.17, 15) is 4.79 Å². The molecule has 2 rings (SSSR count). The van der Waals surface area contributed by atoms with Gasteiger partial charge in [0.05, 0.1) is 6.54 Å². The third kappa shape index (κ3) is 3.36. The molecule has 0 N–H and O–H groups in total. The minimum Gasteiger partial charge on any atom is -0.357 e. The fourth-order valence-electron chi connectivity index (χ4n) is 2.38. The smallest absolute Gasteiger partial charge is 0.178 e. The van der Waals surface area contributed by atoms with E-state index in [-0.39, 0.29) is 5.78 Å². The van der Waals surface area contributed by atoms with Gasteiger partial charge in [0.15, 0.2) is 5.78 Å².